The van der Waals surface area contributed by atoms with E-state index in [9.17, 15) is 28.2 Å². The van der Waals surface area contributed by atoms with Gasteiger partial charge in [-0.25, -0.2) is 0 Å². The van der Waals surface area contributed by atoms with Crippen molar-refractivity contribution >= 4 is 12.0 Å². The number of phenolic OH excluding ortho intramolecular Hbond substituents is 1. The smallest absolute Gasteiger partial charge is 0.504 e. The summed E-state index contributed by atoms with van der Waals surface area (Å²) in [6.45, 7) is 1.81. The number of phenols is 1. The van der Waals surface area contributed by atoms with E-state index in [1.165, 1.54) is 43.2 Å². The van der Waals surface area contributed by atoms with Gasteiger partial charge >= 0.3 is 6.36 Å². The summed E-state index contributed by atoms with van der Waals surface area (Å²) in [6.07, 6.45) is 2.27. The number of alkyl halides is 3. The van der Waals surface area contributed by atoms with Crippen molar-refractivity contribution in [3.05, 3.63) is 59.2 Å². The zero-order chi connectivity index (χ0) is 28.7. The van der Waals surface area contributed by atoms with Crippen LogP contribution in [0.15, 0.2) is 42.5 Å². The average molecular weight is 571 g/mol. The molecule has 41 heavy (non-hydrogen) atoms. The van der Waals surface area contributed by atoms with E-state index in [0.717, 1.165) is 30.6 Å². The maximum atomic E-state index is 13.3. The second-order valence-electron chi connectivity index (χ2n) is 12.4. The standard InChI is InChI=1S/C31H33F3N2O5/c1-35(26(38)10-7-18-3-2-4-22(13-18)41-31(32,33)34)21-15-25-29-11-12-36(17-19-5-6-19)24(30(29,39)16-21)14-20-8-9-23(37)28(40-25)27(20)29/h2-4,7-10,13,19,21,24-25,37,39H,5-6,11-12,14-17H2,1H3/b10-7+/t21-,24+,25-,29+,30?/m0/s1. The summed E-state index contributed by atoms with van der Waals surface area (Å²) in [5.41, 5.74) is 0.666. The lowest BCUT2D eigenvalue weighted by atomic mass is 9.48. The van der Waals surface area contributed by atoms with Crippen LogP contribution >= 0.6 is 0 Å². The Morgan fingerprint density at radius 2 is 2.07 bits per heavy atom. The van der Waals surface area contributed by atoms with Crippen LogP contribution in [0.1, 0.15) is 48.8 Å². The van der Waals surface area contributed by atoms with E-state index in [2.05, 4.69) is 9.64 Å². The van der Waals surface area contributed by atoms with Gasteiger partial charge in [0, 0.05) is 43.7 Å². The predicted octanol–water partition coefficient (Wildman–Crippen LogP) is 4.40. The number of piperidine rings is 1. The van der Waals surface area contributed by atoms with Gasteiger partial charge < -0.3 is 24.6 Å². The molecule has 2 heterocycles. The SMILES string of the molecule is CN(C(=O)/C=C/c1cccc(OC(F)(F)F)c1)[C@H]1C[C@@H]2Oc3c(O)ccc4c3[C@@]23CCN(CC2CC2)[C@H](C4)C3(O)C1. The summed E-state index contributed by atoms with van der Waals surface area (Å²) in [7, 11) is 1.69. The predicted molar refractivity (Wildman–Crippen MR) is 144 cm³/mol. The number of likely N-dealkylation sites (tertiary alicyclic amines) is 1. The summed E-state index contributed by atoms with van der Waals surface area (Å²) in [4.78, 5) is 17.4. The van der Waals surface area contributed by atoms with Crippen molar-refractivity contribution in [2.45, 2.75) is 74.1 Å². The van der Waals surface area contributed by atoms with E-state index in [1.807, 2.05) is 6.07 Å². The van der Waals surface area contributed by atoms with Gasteiger partial charge in [0.15, 0.2) is 11.5 Å². The minimum atomic E-state index is -4.80. The monoisotopic (exact) mass is 570 g/mol. The van der Waals surface area contributed by atoms with Crippen LogP contribution in [0, 0.1) is 5.92 Å². The summed E-state index contributed by atoms with van der Waals surface area (Å²) in [5.74, 6) is 0.519. The van der Waals surface area contributed by atoms with Gasteiger partial charge in [0.05, 0.1) is 11.0 Å². The second kappa shape index (κ2) is 9.13. The number of hydrogen-bond acceptors (Lipinski definition) is 6. The quantitative estimate of drug-likeness (QED) is 0.502. The van der Waals surface area contributed by atoms with Gasteiger partial charge in [-0.3, -0.25) is 9.69 Å². The molecule has 5 atom stereocenters. The van der Waals surface area contributed by atoms with Crippen molar-refractivity contribution in [1.82, 2.24) is 9.80 Å². The number of aliphatic hydroxyl groups is 1. The molecule has 2 bridgehead atoms. The van der Waals surface area contributed by atoms with Crippen molar-refractivity contribution in [1.29, 1.82) is 0 Å². The molecule has 1 spiro atoms. The molecule has 218 valence electrons. The highest BCUT2D eigenvalue weighted by Crippen LogP contribution is 2.65. The number of rotatable bonds is 6. The van der Waals surface area contributed by atoms with Gasteiger partial charge in [-0.15, -0.1) is 13.2 Å². The Morgan fingerprint density at radius 1 is 1.27 bits per heavy atom. The number of ether oxygens (including phenoxy) is 2. The molecular formula is C31H33F3N2O5. The van der Waals surface area contributed by atoms with Crippen molar-refractivity contribution < 1.29 is 37.7 Å². The minimum absolute atomic E-state index is 0.0781. The third-order valence-electron chi connectivity index (χ3n) is 10.1. The molecule has 2 aliphatic heterocycles. The topological polar surface area (TPSA) is 82.5 Å². The zero-order valence-corrected chi connectivity index (χ0v) is 22.7. The molecule has 2 aromatic carbocycles. The fraction of sp³-hybridized carbons (Fsp3) is 0.516. The van der Waals surface area contributed by atoms with Gasteiger partial charge in [0.2, 0.25) is 5.91 Å². The van der Waals surface area contributed by atoms with Crippen LogP contribution in [0.3, 0.4) is 0 Å². The van der Waals surface area contributed by atoms with Gasteiger partial charge in [-0.2, -0.15) is 0 Å². The van der Waals surface area contributed by atoms with Gasteiger partial charge in [0.25, 0.3) is 0 Å². The molecule has 7 nitrogen and oxygen atoms in total. The van der Waals surface area contributed by atoms with Crippen LogP contribution in [0.25, 0.3) is 6.08 Å². The first-order valence-electron chi connectivity index (χ1n) is 14.3. The molecule has 0 aromatic heterocycles. The molecule has 1 saturated heterocycles. The van der Waals surface area contributed by atoms with E-state index in [0.29, 0.717) is 36.5 Å². The molecule has 2 N–H and O–H groups in total. The highest BCUT2D eigenvalue weighted by Gasteiger charge is 2.72. The normalized spacial score (nSPS) is 32.0. The molecule has 0 radical (unpaired) electrons. The lowest BCUT2D eigenvalue weighted by molar-refractivity contribution is -0.274. The summed E-state index contributed by atoms with van der Waals surface area (Å²) < 4.78 is 48.3. The number of likely N-dealkylation sites (N-methyl/N-ethyl adjacent to an activating group) is 1. The number of carbonyl (C=O) groups is 1. The summed E-state index contributed by atoms with van der Waals surface area (Å²) >= 11 is 0. The number of amides is 1. The Bertz CT molecular complexity index is 1420. The van der Waals surface area contributed by atoms with Gasteiger partial charge in [-0.1, -0.05) is 18.2 Å². The summed E-state index contributed by atoms with van der Waals surface area (Å²) in [5, 5.41) is 23.5. The highest BCUT2D eigenvalue weighted by atomic mass is 19.4. The molecule has 3 aliphatic carbocycles. The second-order valence-corrected chi connectivity index (χ2v) is 12.4. The molecule has 2 saturated carbocycles. The Balaban J connectivity index is 1.17. The third kappa shape index (κ3) is 4.21. The summed E-state index contributed by atoms with van der Waals surface area (Å²) in [6, 6.07) is 8.63. The lowest BCUT2D eigenvalue weighted by Gasteiger charge is -2.64. The molecule has 7 rings (SSSR count). The van der Waals surface area contributed by atoms with E-state index in [4.69, 9.17) is 4.74 Å². The average Bonchev–Trinajstić information content (AvgIpc) is 3.66. The van der Waals surface area contributed by atoms with Crippen LogP contribution in [-0.2, 0) is 16.6 Å². The third-order valence-corrected chi connectivity index (χ3v) is 10.1. The van der Waals surface area contributed by atoms with E-state index in [1.54, 1.807) is 24.1 Å². The van der Waals surface area contributed by atoms with Crippen LogP contribution in [-0.4, -0.2) is 76.2 Å². The fourth-order valence-electron chi connectivity index (χ4n) is 8.06. The van der Waals surface area contributed by atoms with Crippen molar-refractivity contribution in [2.75, 3.05) is 20.1 Å². The van der Waals surface area contributed by atoms with Crippen molar-refractivity contribution in [2.24, 2.45) is 5.92 Å². The first-order valence-corrected chi connectivity index (χ1v) is 14.3. The van der Waals surface area contributed by atoms with Gasteiger partial charge in [-0.05, 0) is 80.0 Å². The number of carbonyl (C=O) groups excluding carboxylic acids is 1. The maximum Gasteiger partial charge on any atom is 0.573 e. The molecule has 2 aromatic rings. The Kier molecular flexibility index (Phi) is 5.93. The maximum absolute atomic E-state index is 13.3. The lowest BCUT2D eigenvalue weighted by Crippen LogP contribution is -2.77. The number of benzene rings is 2. The first-order chi connectivity index (χ1) is 19.5. The molecule has 1 amide bonds. The van der Waals surface area contributed by atoms with Crippen LogP contribution in [0.2, 0.25) is 0 Å². The van der Waals surface area contributed by atoms with Crippen molar-refractivity contribution in [3.8, 4) is 17.2 Å². The van der Waals surface area contributed by atoms with E-state index < -0.39 is 23.5 Å². The molecule has 10 heteroatoms. The van der Waals surface area contributed by atoms with Crippen LogP contribution in [0.4, 0.5) is 13.2 Å². The van der Waals surface area contributed by atoms with E-state index >= 15 is 0 Å². The Hall–Kier alpha value is -3.24. The van der Waals surface area contributed by atoms with E-state index in [-0.39, 0.29) is 29.5 Å². The fourth-order valence-corrected chi connectivity index (χ4v) is 8.06. The van der Waals surface area contributed by atoms with Gasteiger partial charge in [0.1, 0.15) is 11.9 Å². The number of aromatic hydroxyl groups is 1. The molecule has 3 fully saturated rings. The number of nitrogens with zero attached hydrogens (tertiary/aromatic N) is 2. The Morgan fingerprint density at radius 3 is 2.83 bits per heavy atom. The van der Waals surface area contributed by atoms with Crippen molar-refractivity contribution in [3.63, 3.8) is 0 Å². The zero-order valence-electron chi connectivity index (χ0n) is 22.7. The molecule has 1 unspecified atom stereocenters. The molecule has 5 aliphatic rings. The van der Waals surface area contributed by atoms with Crippen LogP contribution in [0.5, 0.6) is 17.2 Å². The molecular weight excluding hydrogens is 537 g/mol. The number of halogens is 3. The van der Waals surface area contributed by atoms with Crippen LogP contribution < -0.4 is 9.47 Å². The highest BCUT2D eigenvalue weighted by molar-refractivity contribution is 5.92. The Labute approximate surface area is 236 Å². The first kappa shape index (κ1) is 26.6. The number of hydrogen-bond donors (Lipinski definition) is 2. The minimum Gasteiger partial charge on any atom is -0.504 e. The largest absolute Gasteiger partial charge is 0.573 e.